The van der Waals surface area contributed by atoms with Crippen molar-refractivity contribution in [3.05, 3.63) is 66.0 Å². The number of benzene rings is 1. The number of amides is 3. The molecule has 1 heterocycles. The number of carbonyl (C=O) groups is 4. The van der Waals surface area contributed by atoms with Gasteiger partial charge in [0.2, 0.25) is 5.78 Å². The quantitative estimate of drug-likeness (QED) is 0.302. The second-order valence-electron chi connectivity index (χ2n) is 9.08. The molecule has 0 bridgehead atoms. The number of carbonyl (C=O) groups excluding carboxylic acids is 4. The number of nitrogens with one attached hydrogen (secondary N) is 3. The van der Waals surface area contributed by atoms with Crippen LogP contribution in [-0.2, 0) is 32.2 Å². The molecule has 194 valence electrons. The van der Waals surface area contributed by atoms with Gasteiger partial charge in [0.05, 0.1) is 6.61 Å². The van der Waals surface area contributed by atoms with Crippen molar-refractivity contribution in [1.82, 2.24) is 20.9 Å². The van der Waals surface area contributed by atoms with Gasteiger partial charge in [-0.3, -0.25) is 14.6 Å². The summed E-state index contributed by atoms with van der Waals surface area (Å²) in [6.45, 7) is 5.70. The van der Waals surface area contributed by atoms with E-state index in [1.807, 2.05) is 30.3 Å². The molecule has 0 aliphatic heterocycles. The Hall–Kier alpha value is -3.95. The zero-order valence-corrected chi connectivity index (χ0v) is 20.9. The Bertz CT molecular complexity index is 992. The molecule has 1 aromatic carbocycles. The molecular formula is C26H34N4O6. The maximum Gasteiger partial charge on any atom is 0.408 e. The van der Waals surface area contributed by atoms with Crippen LogP contribution in [0, 0.1) is 0 Å². The lowest BCUT2D eigenvalue weighted by atomic mass is 10.0. The van der Waals surface area contributed by atoms with Crippen LogP contribution in [0.5, 0.6) is 0 Å². The Morgan fingerprint density at radius 1 is 0.889 bits per heavy atom. The van der Waals surface area contributed by atoms with Crippen molar-refractivity contribution in [1.29, 1.82) is 0 Å². The first-order chi connectivity index (χ1) is 17.1. The largest absolute Gasteiger partial charge is 0.450 e. The summed E-state index contributed by atoms with van der Waals surface area (Å²) in [6, 6.07) is 11.8. The summed E-state index contributed by atoms with van der Waals surface area (Å²) in [5.41, 5.74) is 0.921. The van der Waals surface area contributed by atoms with E-state index < -0.39 is 35.5 Å². The van der Waals surface area contributed by atoms with Gasteiger partial charge in [0.1, 0.15) is 11.6 Å². The van der Waals surface area contributed by atoms with E-state index in [1.54, 1.807) is 45.3 Å². The third kappa shape index (κ3) is 11.5. The molecule has 0 unspecified atom stereocenters. The highest BCUT2D eigenvalue weighted by molar-refractivity contribution is 6.38. The summed E-state index contributed by atoms with van der Waals surface area (Å²) in [7, 11) is 0. The van der Waals surface area contributed by atoms with Crippen molar-refractivity contribution < 1.29 is 28.7 Å². The molecule has 2 rings (SSSR count). The van der Waals surface area contributed by atoms with Crippen LogP contribution in [0.3, 0.4) is 0 Å². The molecule has 3 N–H and O–H groups in total. The molecule has 10 nitrogen and oxygen atoms in total. The third-order valence-corrected chi connectivity index (χ3v) is 4.81. The first kappa shape index (κ1) is 28.3. The number of Topliss-reactive ketones (excluding diaryl/α,β-unsaturated/α-hetero) is 1. The number of ketones is 1. The van der Waals surface area contributed by atoms with E-state index in [9.17, 15) is 19.2 Å². The van der Waals surface area contributed by atoms with E-state index in [0.717, 1.165) is 11.1 Å². The Morgan fingerprint density at radius 3 is 2.25 bits per heavy atom. The maximum atomic E-state index is 12.8. The van der Waals surface area contributed by atoms with Crippen molar-refractivity contribution >= 4 is 23.9 Å². The molecule has 0 saturated carbocycles. The lowest BCUT2D eigenvalue weighted by Crippen LogP contribution is -2.48. The minimum Gasteiger partial charge on any atom is -0.450 e. The van der Waals surface area contributed by atoms with E-state index in [4.69, 9.17) is 9.47 Å². The van der Waals surface area contributed by atoms with Crippen LogP contribution in [0.4, 0.5) is 9.59 Å². The lowest BCUT2D eigenvalue weighted by molar-refractivity contribution is -0.139. The van der Waals surface area contributed by atoms with Gasteiger partial charge in [-0.1, -0.05) is 36.4 Å². The molecule has 0 radical (unpaired) electrons. The Kier molecular flexibility index (Phi) is 11.4. The fraction of sp³-hybridized carbons (Fsp3) is 0.423. The van der Waals surface area contributed by atoms with Crippen LogP contribution < -0.4 is 16.0 Å². The molecule has 2 aromatic rings. The van der Waals surface area contributed by atoms with Crippen molar-refractivity contribution in [3.63, 3.8) is 0 Å². The molecule has 0 spiro atoms. The van der Waals surface area contributed by atoms with Crippen molar-refractivity contribution in [2.45, 2.75) is 64.8 Å². The number of hydrogen-bond acceptors (Lipinski definition) is 7. The van der Waals surface area contributed by atoms with Gasteiger partial charge in [0.15, 0.2) is 0 Å². The SMILES string of the molecule is CC(C)(C)OC(=O)N[C@@H](CCCCOC(=O)NCc1ccccc1)C(=O)C(=O)NCc1cccnc1. The fourth-order valence-corrected chi connectivity index (χ4v) is 3.09. The number of rotatable bonds is 12. The normalized spacial score (nSPS) is 11.6. The maximum absolute atomic E-state index is 12.8. The van der Waals surface area contributed by atoms with E-state index >= 15 is 0 Å². The second-order valence-corrected chi connectivity index (χ2v) is 9.08. The number of hydrogen-bond donors (Lipinski definition) is 3. The second kappa shape index (κ2) is 14.4. The Labute approximate surface area is 211 Å². The average Bonchev–Trinajstić information content (AvgIpc) is 2.84. The van der Waals surface area contributed by atoms with Crippen molar-refractivity contribution in [2.75, 3.05) is 6.61 Å². The smallest absolute Gasteiger partial charge is 0.408 e. The van der Waals surface area contributed by atoms with Crippen LogP contribution >= 0.6 is 0 Å². The van der Waals surface area contributed by atoms with E-state index in [2.05, 4.69) is 20.9 Å². The molecular weight excluding hydrogens is 464 g/mol. The highest BCUT2D eigenvalue weighted by Gasteiger charge is 2.28. The first-order valence-electron chi connectivity index (χ1n) is 11.8. The molecule has 36 heavy (non-hydrogen) atoms. The van der Waals surface area contributed by atoms with Crippen molar-refractivity contribution in [2.24, 2.45) is 0 Å². The number of aromatic nitrogens is 1. The lowest BCUT2D eigenvalue weighted by Gasteiger charge is -2.23. The fourth-order valence-electron chi connectivity index (χ4n) is 3.09. The number of pyridine rings is 1. The first-order valence-corrected chi connectivity index (χ1v) is 11.8. The number of alkyl carbamates (subject to hydrolysis) is 2. The highest BCUT2D eigenvalue weighted by atomic mass is 16.6. The summed E-state index contributed by atoms with van der Waals surface area (Å²) in [5, 5.41) is 7.69. The molecule has 0 aliphatic carbocycles. The molecule has 1 atom stereocenters. The zero-order valence-electron chi connectivity index (χ0n) is 20.9. The number of unbranched alkanes of at least 4 members (excludes halogenated alkanes) is 1. The third-order valence-electron chi connectivity index (χ3n) is 4.81. The summed E-state index contributed by atoms with van der Waals surface area (Å²) in [5.74, 6) is -1.61. The van der Waals surface area contributed by atoms with Gasteiger partial charge in [-0.15, -0.1) is 0 Å². The predicted molar refractivity (Wildman–Crippen MR) is 133 cm³/mol. The minimum absolute atomic E-state index is 0.126. The highest BCUT2D eigenvalue weighted by Crippen LogP contribution is 2.09. The van der Waals surface area contributed by atoms with E-state index in [-0.39, 0.29) is 19.6 Å². The monoisotopic (exact) mass is 498 g/mol. The minimum atomic E-state index is -1.08. The Morgan fingerprint density at radius 2 is 1.58 bits per heavy atom. The predicted octanol–water partition coefficient (Wildman–Crippen LogP) is 3.26. The topological polar surface area (TPSA) is 136 Å². The van der Waals surface area contributed by atoms with Gasteiger partial charge < -0.3 is 25.4 Å². The molecule has 10 heteroatoms. The summed E-state index contributed by atoms with van der Waals surface area (Å²) in [6.07, 6.45) is 2.88. The van der Waals surface area contributed by atoms with Gasteiger partial charge in [-0.05, 0) is 57.2 Å². The van der Waals surface area contributed by atoms with Crippen LogP contribution in [0.1, 0.15) is 51.2 Å². The molecule has 0 saturated heterocycles. The summed E-state index contributed by atoms with van der Waals surface area (Å²) in [4.78, 5) is 53.3. The average molecular weight is 499 g/mol. The molecule has 3 amide bonds. The van der Waals surface area contributed by atoms with Gasteiger partial charge in [-0.2, -0.15) is 0 Å². The van der Waals surface area contributed by atoms with E-state index in [1.165, 1.54) is 0 Å². The number of nitrogens with zero attached hydrogens (tertiary/aromatic N) is 1. The van der Waals surface area contributed by atoms with Gasteiger partial charge in [0, 0.05) is 25.5 Å². The van der Waals surface area contributed by atoms with Crippen molar-refractivity contribution in [3.8, 4) is 0 Å². The zero-order chi connectivity index (χ0) is 26.4. The van der Waals surface area contributed by atoms with Gasteiger partial charge in [0.25, 0.3) is 5.91 Å². The summed E-state index contributed by atoms with van der Waals surface area (Å²) < 4.78 is 10.4. The standard InChI is InChI=1S/C26H34N4O6/c1-26(2,3)36-25(34)30-21(22(31)23(32)28-18-20-12-9-14-27-16-20)13-7-8-15-35-24(33)29-17-19-10-5-4-6-11-19/h4-6,9-12,14,16,21H,7-8,13,15,17-18H2,1-3H3,(H,28,32)(H,29,33)(H,30,34)/t21-/m0/s1. The number of ether oxygens (including phenoxy) is 2. The molecule has 0 aliphatic rings. The van der Waals surface area contributed by atoms with Gasteiger partial charge >= 0.3 is 12.2 Å². The van der Waals surface area contributed by atoms with Gasteiger partial charge in [-0.25, -0.2) is 9.59 Å². The Balaban J connectivity index is 1.81. The van der Waals surface area contributed by atoms with Crippen LogP contribution in [0.2, 0.25) is 0 Å². The van der Waals surface area contributed by atoms with Crippen LogP contribution in [0.15, 0.2) is 54.9 Å². The molecule has 1 aromatic heterocycles. The van der Waals surface area contributed by atoms with Crippen LogP contribution in [-0.4, -0.2) is 47.1 Å². The van der Waals surface area contributed by atoms with E-state index in [0.29, 0.717) is 19.4 Å². The summed E-state index contributed by atoms with van der Waals surface area (Å²) >= 11 is 0. The molecule has 0 fully saturated rings. The van der Waals surface area contributed by atoms with Crippen LogP contribution in [0.25, 0.3) is 0 Å².